The molecule has 3 nitrogen and oxygen atoms in total. The van der Waals surface area contributed by atoms with Gasteiger partial charge < -0.3 is 11.1 Å². The number of nitrogens with one attached hydrogen (secondary N) is 1. The molecule has 0 bridgehead atoms. The van der Waals surface area contributed by atoms with Gasteiger partial charge in [-0.15, -0.1) is 0 Å². The Morgan fingerprint density at radius 1 is 1.32 bits per heavy atom. The zero-order valence-corrected chi connectivity index (χ0v) is 11.0. The number of nitrogen functional groups attached to an aromatic ring is 1. The molecular formula is C13H18F3N3. The molecule has 0 amide bonds. The maximum atomic E-state index is 12.6. The number of alkyl halides is 3. The largest absolute Gasteiger partial charge is 0.433 e. The molecule has 3 atom stereocenters. The van der Waals surface area contributed by atoms with Crippen molar-refractivity contribution in [1.82, 2.24) is 4.98 Å². The van der Waals surface area contributed by atoms with Crippen LogP contribution >= 0.6 is 0 Å². The quantitative estimate of drug-likeness (QED) is 0.866. The molecule has 1 saturated carbocycles. The number of pyridine rings is 1. The lowest BCUT2D eigenvalue weighted by molar-refractivity contribution is -0.141. The third kappa shape index (κ3) is 2.93. The summed E-state index contributed by atoms with van der Waals surface area (Å²) < 4.78 is 37.9. The molecule has 1 heterocycles. The third-order valence-electron chi connectivity index (χ3n) is 4.03. The normalized spacial score (nSPS) is 27.5. The predicted molar refractivity (Wildman–Crippen MR) is 68.6 cm³/mol. The summed E-state index contributed by atoms with van der Waals surface area (Å²) in [7, 11) is 0. The van der Waals surface area contributed by atoms with Crippen molar-refractivity contribution in [3.8, 4) is 0 Å². The molecule has 6 heteroatoms. The van der Waals surface area contributed by atoms with E-state index >= 15 is 0 Å². The molecule has 0 radical (unpaired) electrons. The van der Waals surface area contributed by atoms with Crippen LogP contribution in [0, 0.1) is 11.8 Å². The summed E-state index contributed by atoms with van der Waals surface area (Å²) in [5, 5.41) is 3.14. The Morgan fingerprint density at radius 2 is 2.00 bits per heavy atom. The van der Waals surface area contributed by atoms with Crippen molar-refractivity contribution < 1.29 is 13.2 Å². The lowest BCUT2D eigenvalue weighted by atomic mass is 9.97. The lowest BCUT2D eigenvalue weighted by Gasteiger charge is -2.22. The first-order valence-electron chi connectivity index (χ1n) is 6.38. The minimum Gasteiger partial charge on any atom is -0.396 e. The fourth-order valence-corrected chi connectivity index (χ4v) is 2.51. The van der Waals surface area contributed by atoms with Gasteiger partial charge in [-0.1, -0.05) is 13.8 Å². The second kappa shape index (κ2) is 4.90. The molecule has 106 valence electrons. The van der Waals surface area contributed by atoms with Crippen molar-refractivity contribution in [2.45, 2.75) is 38.9 Å². The summed E-state index contributed by atoms with van der Waals surface area (Å²) in [4.78, 5) is 3.33. The van der Waals surface area contributed by atoms with Crippen LogP contribution in [0.25, 0.3) is 0 Å². The van der Waals surface area contributed by atoms with E-state index in [0.717, 1.165) is 25.1 Å². The molecule has 1 aromatic heterocycles. The van der Waals surface area contributed by atoms with Gasteiger partial charge in [-0.25, -0.2) is 4.98 Å². The molecular weight excluding hydrogens is 255 g/mol. The summed E-state index contributed by atoms with van der Waals surface area (Å²) in [6, 6.07) is 1.16. The smallest absolute Gasteiger partial charge is 0.396 e. The van der Waals surface area contributed by atoms with E-state index in [0.29, 0.717) is 17.5 Å². The van der Waals surface area contributed by atoms with Crippen LogP contribution in [0.3, 0.4) is 0 Å². The van der Waals surface area contributed by atoms with Gasteiger partial charge in [0.05, 0.1) is 17.6 Å². The number of rotatable bonds is 2. The van der Waals surface area contributed by atoms with Crippen LogP contribution in [-0.2, 0) is 6.18 Å². The molecule has 1 aromatic rings. The van der Waals surface area contributed by atoms with Gasteiger partial charge >= 0.3 is 6.18 Å². The van der Waals surface area contributed by atoms with Crippen LogP contribution in [0.4, 0.5) is 24.5 Å². The van der Waals surface area contributed by atoms with Crippen LogP contribution in [0.15, 0.2) is 12.3 Å². The average Bonchev–Trinajstić information content (AvgIpc) is 2.62. The molecule has 1 fully saturated rings. The highest BCUT2D eigenvalue weighted by Gasteiger charge is 2.34. The Bertz CT molecular complexity index is 459. The SMILES string of the molecule is CC1CCC(Nc2cc(C(F)(F)F)ncc2N)C1C. The topological polar surface area (TPSA) is 50.9 Å². The second-order valence-corrected chi connectivity index (χ2v) is 5.32. The predicted octanol–water partition coefficient (Wildman–Crippen LogP) is 3.53. The van der Waals surface area contributed by atoms with E-state index in [9.17, 15) is 13.2 Å². The minimum atomic E-state index is -4.45. The molecule has 0 aliphatic heterocycles. The van der Waals surface area contributed by atoms with Gasteiger partial charge in [-0.05, 0) is 30.7 Å². The lowest BCUT2D eigenvalue weighted by Crippen LogP contribution is -2.25. The van der Waals surface area contributed by atoms with Crippen LogP contribution in [-0.4, -0.2) is 11.0 Å². The Hall–Kier alpha value is -1.46. The fraction of sp³-hybridized carbons (Fsp3) is 0.615. The van der Waals surface area contributed by atoms with Crippen molar-refractivity contribution in [3.63, 3.8) is 0 Å². The molecule has 0 spiro atoms. The zero-order valence-electron chi connectivity index (χ0n) is 11.0. The first kappa shape index (κ1) is 14.0. The highest BCUT2D eigenvalue weighted by Crippen LogP contribution is 2.36. The van der Waals surface area contributed by atoms with Crippen LogP contribution in [0.5, 0.6) is 0 Å². The Kier molecular flexibility index (Phi) is 3.60. The molecule has 2 rings (SSSR count). The number of nitrogens with zero attached hydrogens (tertiary/aromatic N) is 1. The van der Waals surface area contributed by atoms with E-state index in [-0.39, 0.29) is 11.7 Å². The number of anilines is 2. The minimum absolute atomic E-state index is 0.167. The van der Waals surface area contributed by atoms with Crippen molar-refractivity contribution in [2.24, 2.45) is 11.8 Å². The van der Waals surface area contributed by atoms with E-state index in [1.54, 1.807) is 0 Å². The maximum Gasteiger partial charge on any atom is 0.433 e. The maximum absolute atomic E-state index is 12.6. The molecule has 0 saturated heterocycles. The van der Waals surface area contributed by atoms with Gasteiger partial charge in [-0.3, -0.25) is 0 Å². The Balaban J connectivity index is 2.20. The Morgan fingerprint density at radius 3 is 2.53 bits per heavy atom. The fourth-order valence-electron chi connectivity index (χ4n) is 2.51. The van der Waals surface area contributed by atoms with E-state index in [1.165, 1.54) is 0 Å². The summed E-state index contributed by atoms with van der Waals surface area (Å²) in [6.45, 7) is 4.26. The van der Waals surface area contributed by atoms with Crippen molar-refractivity contribution >= 4 is 11.4 Å². The number of nitrogens with two attached hydrogens (primary N) is 1. The van der Waals surface area contributed by atoms with E-state index < -0.39 is 11.9 Å². The van der Waals surface area contributed by atoms with E-state index in [2.05, 4.69) is 24.1 Å². The van der Waals surface area contributed by atoms with Gasteiger partial charge in [0.1, 0.15) is 5.69 Å². The highest BCUT2D eigenvalue weighted by molar-refractivity contribution is 5.66. The first-order valence-corrected chi connectivity index (χ1v) is 6.38. The van der Waals surface area contributed by atoms with Crippen LogP contribution in [0.1, 0.15) is 32.4 Å². The molecule has 3 N–H and O–H groups in total. The van der Waals surface area contributed by atoms with Crippen LogP contribution in [0.2, 0.25) is 0 Å². The first-order chi connectivity index (χ1) is 8.79. The summed E-state index contributed by atoms with van der Waals surface area (Å²) >= 11 is 0. The molecule has 19 heavy (non-hydrogen) atoms. The molecule has 1 aliphatic rings. The number of halogens is 3. The van der Waals surface area contributed by atoms with Crippen LogP contribution < -0.4 is 11.1 Å². The van der Waals surface area contributed by atoms with Crippen molar-refractivity contribution in [2.75, 3.05) is 11.1 Å². The third-order valence-corrected chi connectivity index (χ3v) is 4.03. The molecule has 0 aromatic carbocycles. The molecule has 3 unspecified atom stereocenters. The summed E-state index contributed by atoms with van der Waals surface area (Å²) in [5.74, 6) is 0.990. The number of hydrogen-bond acceptors (Lipinski definition) is 3. The standard InChI is InChI=1S/C13H18F3N3/c1-7-3-4-10(8(7)2)19-11-5-12(13(14,15)16)18-6-9(11)17/h5-8,10H,3-4,17H2,1-2H3,(H,18,19). The highest BCUT2D eigenvalue weighted by atomic mass is 19.4. The van der Waals surface area contributed by atoms with Gasteiger partial charge in [0.2, 0.25) is 0 Å². The summed E-state index contributed by atoms with van der Waals surface area (Å²) in [5.41, 5.74) is 5.36. The van der Waals surface area contributed by atoms with Crippen molar-refractivity contribution in [1.29, 1.82) is 0 Å². The van der Waals surface area contributed by atoms with E-state index in [1.807, 2.05) is 0 Å². The number of hydrogen-bond donors (Lipinski definition) is 2. The van der Waals surface area contributed by atoms with Gasteiger partial charge in [0.25, 0.3) is 0 Å². The van der Waals surface area contributed by atoms with E-state index in [4.69, 9.17) is 5.73 Å². The zero-order chi connectivity index (χ0) is 14.2. The summed E-state index contributed by atoms with van der Waals surface area (Å²) in [6.07, 6.45) is -1.35. The van der Waals surface area contributed by atoms with Gasteiger partial charge in [0.15, 0.2) is 0 Å². The molecule has 1 aliphatic carbocycles. The van der Waals surface area contributed by atoms with Gasteiger partial charge in [0, 0.05) is 6.04 Å². The van der Waals surface area contributed by atoms with Crippen molar-refractivity contribution in [3.05, 3.63) is 18.0 Å². The average molecular weight is 273 g/mol. The van der Waals surface area contributed by atoms with Gasteiger partial charge in [-0.2, -0.15) is 13.2 Å². The Labute approximate surface area is 110 Å². The monoisotopic (exact) mass is 273 g/mol. The second-order valence-electron chi connectivity index (χ2n) is 5.32. The number of aromatic nitrogens is 1.